The van der Waals surface area contributed by atoms with Gasteiger partial charge in [0.1, 0.15) is 0 Å². The minimum Gasteiger partial charge on any atom is -0.481 e. The standard InChI is InChI=1S/C14H18O3S/c1-13(2,12(15)16)14(8-17-9-14)10-4-6-11(18-3)7-5-10/h4-7H,8-9H2,1-3H3,(H,15,16). The van der Waals surface area contributed by atoms with Crippen molar-refractivity contribution < 1.29 is 14.6 Å². The van der Waals surface area contributed by atoms with Crippen LogP contribution in [0.1, 0.15) is 19.4 Å². The van der Waals surface area contributed by atoms with Crippen molar-refractivity contribution >= 4 is 17.7 Å². The van der Waals surface area contributed by atoms with Crippen LogP contribution in [-0.2, 0) is 14.9 Å². The van der Waals surface area contributed by atoms with Gasteiger partial charge in [-0.2, -0.15) is 0 Å². The second-order valence-corrected chi connectivity index (χ2v) is 6.11. The van der Waals surface area contributed by atoms with Gasteiger partial charge in [0.15, 0.2) is 0 Å². The minimum atomic E-state index is -0.827. The summed E-state index contributed by atoms with van der Waals surface area (Å²) in [5.41, 5.74) is -0.180. The highest BCUT2D eigenvalue weighted by molar-refractivity contribution is 7.98. The lowest BCUT2D eigenvalue weighted by atomic mass is 9.60. The van der Waals surface area contributed by atoms with Gasteiger partial charge in [-0.25, -0.2) is 0 Å². The second kappa shape index (κ2) is 4.59. The van der Waals surface area contributed by atoms with E-state index in [1.54, 1.807) is 25.6 Å². The van der Waals surface area contributed by atoms with Gasteiger partial charge in [-0.05, 0) is 37.8 Å². The van der Waals surface area contributed by atoms with E-state index in [1.165, 1.54) is 4.90 Å². The fraction of sp³-hybridized carbons (Fsp3) is 0.500. The van der Waals surface area contributed by atoms with Crippen LogP contribution >= 0.6 is 11.8 Å². The summed E-state index contributed by atoms with van der Waals surface area (Å²) in [6.45, 7) is 4.51. The van der Waals surface area contributed by atoms with Crippen LogP contribution in [0.25, 0.3) is 0 Å². The molecule has 0 amide bonds. The molecule has 1 saturated heterocycles. The van der Waals surface area contributed by atoms with Crippen LogP contribution in [0.5, 0.6) is 0 Å². The first-order valence-corrected chi connectivity index (χ1v) is 7.12. The molecule has 0 saturated carbocycles. The van der Waals surface area contributed by atoms with Gasteiger partial charge in [-0.1, -0.05) is 12.1 Å². The first-order chi connectivity index (χ1) is 8.44. The van der Waals surface area contributed by atoms with Crippen LogP contribution in [0.3, 0.4) is 0 Å². The Labute approximate surface area is 112 Å². The quantitative estimate of drug-likeness (QED) is 0.851. The zero-order valence-electron chi connectivity index (χ0n) is 10.9. The van der Waals surface area contributed by atoms with Gasteiger partial charge in [-0.3, -0.25) is 4.79 Å². The molecule has 1 N–H and O–H groups in total. The zero-order chi connectivity index (χ0) is 13.4. The Morgan fingerprint density at radius 3 is 2.22 bits per heavy atom. The van der Waals surface area contributed by atoms with Gasteiger partial charge in [0.25, 0.3) is 0 Å². The Kier molecular flexibility index (Phi) is 3.43. The van der Waals surface area contributed by atoms with Crippen molar-refractivity contribution in [3.05, 3.63) is 29.8 Å². The van der Waals surface area contributed by atoms with Crippen molar-refractivity contribution in [3.8, 4) is 0 Å². The van der Waals surface area contributed by atoms with Gasteiger partial charge in [0, 0.05) is 4.90 Å². The van der Waals surface area contributed by atoms with Gasteiger partial charge < -0.3 is 9.84 Å². The van der Waals surface area contributed by atoms with E-state index in [-0.39, 0.29) is 0 Å². The van der Waals surface area contributed by atoms with E-state index in [9.17, 15) is 9.90 Å². The number of carboxylic acids is 1. The number of carboxylic acid groups (broad SMARTS) is 1. The summed E-state index contributed by atoms with van der Waals surface area (Å²) in [6, 6.07) is 8.13. The molecular formula is C14H18O3S. The van der Waals surface area contributed by atoms with Gasteiger partial charge in [0.05, 0.1) is 24.0 Å². The van der Waals surface area contributed by atoms with E-state index in [4.69, 9.17) is 4.74 Å². The molecule has 18 heavy (non-hydrogen) atoms. The molecule has 1 aliphatic heterocycles. The molecule has 1 aliphatic rings. The third kappa shape index (κ3) is 1.84. The number of hydrogen-bond acceptors (Lipinski definition) is 3. The average Bonchev–Trinajstić information content (AvgIpc) is 2.28. The summed E-state index contributed by atoms with van der Waals surface area (Å²) >= 11 is 1.68. The highest BCUT2D eigenvalue weighted by Gasteiger charge is 2.56. The molecule has 0 unspecified atom stereocenters. The van der Waals surface area contributed by atoms with Crippen LogP contribution in [0.4, 0.5) is 0 Å². The molecule has 3 nitrogen and oxygen atoms in total. The summed E-state index contributed by atoms with van der Waals surface area (Å²) in [5, 5.41) is 9.44. The number of carbonyl (C=O) groups is 1. The molecule has 2 rings (SSSR count). The number of hydrogen-bond donors (Lipinski definition) is 1. The van der Waals surface area contributed by atoms with Crippen molar-refractivity contribution in [2.24, 2.45) is 5.41 Å². The summed E-state index contributed by atoms with van der Waals surface area (Å²) < 4.78 is 5.32. The second-order valence-electron chi connectivity index (χ2n) is 5.23. The molecule has 0 spiro atoms. The Morgan fingerprint density at radius 1 is 1.33 bits per heavy atom. The molecule has 1 heterocycles. The summed E-state index contributed by atoms with van der Waals surface area (Å²) in [6.07, 6.45) is 2.03. The predicted molar refractivity (Wildman–Crippen MR) is 72.1 cm³/mol. The van der Waals surface area contributed by atoms with Crippen molar-refractivity contribution in [1.82, 2.24) is 0 Å². The molecule has 0 atom stereocenters. The molecule has 1 fully saturated rings. The Hall–Kier alpha value is -1.00. The van der Waals surface area contributed by atoms with Gasteiger partial charge in [-0.15, -0.1) is 11.8 Å². The Morgan fingerprint density at radius 2 is 1.89 bits per heavy atom. The van der Waals surface area contributed by atoms with E-state index in [0.717, 1.165) is 5.56 Å². The number of rotatable bonds is 4. The average molecular weight is 266 g/mol. The number of thioether (sulfide) groups is 1. The molecule has 0 aromatic heterocycles. The van der Waals surface area contributed by atoms with Crippen molar-refractivity contribution in [1.29, 1.82) is 0 Å². The lowest BCUT2D eigenvalue weighted by Crippen LogP contribution is -2.59. The summed E-state index contributed by atoms with van der Waals surface area (Å²) in [7, 11) is 0. The van der Waals surface area contributed by atoms with Gasteiger partial charge >= 0.3 is 5.97 Å². The number of ether oxygens (including phenoxy) is 1. The van der Waals surface area contributed by atoms with E-state index in [2.05, 4.69) is 0 Å². The maximum Gasteiger partial charge on any atom is 0.310 e. The first kappa shape index (κ1) is 13.4. The molecule has 0 bridgehead atoms. The maximum atomic E-state index is 11.5. The highest BCUT2D eigenvalue weighted by atomic mass is 32.2. The van der Waals surface area contributed by atoms with Crippen molar-refractivity contribution in [2.45, 2.75) is 24.2 Å². The number of benzene rings is 1. The van der Waals surface area contributed by atoms with Crippen LogP contribution in [0.15, 0.2) is 29.2 Å². The third-order valence-corrected chi connectivity index (χ3v) is 4.81. The summed E-state index contributed by atoms with van der Waals surface area (Å²) in [5.74, 6) is -0.778. The molecular weight excluding hydrogens is 248 g/mol. The highest BCUT2D eigenvalue weighted by Crippen LogP contribution is 2.47. The van der Waals surface area contributed by atoms with Gasteiger partial charge in [0.2, 0.25) is 0 Å². The van der Waals surface area contributed by atoms with Crippen LogP contribution in [0, 0.1) is 5.41 Å². The minimum absolute atomic E-state index is 0.407. The lowest BCUT2D eigenvalue weighted by molar-refractivity contribution is -0.171. The molecule has 0 radical (unpaired) electrons. The number of aliphatic carboxylic acids is 1. The van der Waals surface area contributed by atoms with Crippen molar-refractivity contribution in [2.75, 3.05) is 19.5 Å². The SMILES string of the molecule is CSc1ccc(C2(C(C)(C)C(=O)O)COC2)cc1. The fourth-order valence-corrected chi connectivity index (χ4v) is 2.72. The predicted octanol–water partition coefficient (Wildman–Crippen LogP) is 2.79. The monoisotopic (exact) mass is 266 g/mol. The van der Waals surface area contributed by atoms with E-state index < -0.39 is 16.8 Å². The van der Waals surface area contributed by atoms with E-state index in [1.807, 2.05) is 30.5 Å². The fourth-order valence-electron chi connectivity index (χ4n) is 2.31. The van der Waals surface area contributed by atoms with Crippen molar-refractivity contribution in [3.63, 3.8) is 0 Å². The van der Waals surface area contributed by atoms with E-state index in [0.29, 0.717) is 13.2 Å². The molecule has 98 valence electrons. The zero-order valence-corrected chi connectivity index (χ0v) is 11.7. The maximum absolute atomic E-state index is 11.5. The molecule has 4 heteroatoms. The topological polar surface area (TPSA) is 46.5 Å². The van der Waals surface area contributed by atoms with Crippen LogP contribution in [0.2, 0.25) is 0 Å². The largest absolute Gasteiger partial charge is 0.481 e. The van der Waals surface area contributed by atoms with Crippen LogP contribution in [-0.4, -0.2) is 30.5 Å². The third-order valence-electron chi connectivity index (χ3n) is 4.07. The molecule has 1 aromatic carbocycles. The molecule has 1 aromatic rings. The smallest absolute Gasteiger partial charge is 0.310 e. The Balaban J connectivity index is 2.41. The van der Waals surface area contributed by atoms with Crippen LogP contribution < -0.4 is 0 Å². The lowest BCUT2D eigenvalue weighted by Gasteiger charge is -2.50. The normalized spacial score (nSPS) is 18.2. The first-order valence-electron chi connectivity index (χ1n) is 5.90. The Bertz CT molecular complexity index is 447. The van der Waals surface area contributed by atoms with E-state index >= 15 is 0 Å². The molecule has 0 aliphatic carbocycles. The summed E-state index contributed by atoms with van der Waals surface area (Å²) in [4.78, 5) is 12.7.